The van der Waals surface area contributed by atoms with Gasteiger partial charge in [-0.15, -0.1) is 0 Å². The number of benzene rings is 1. The van der Waals surface area contributed by atoms with Crippen LogP contribution in [0, 0.1) is 5.92 Å². The zero-order valence-corrected chi connectivity index (χ0v) is 11.3. The molecule has 2 heterocycles. The van der Waals surface area contributed by atoms with Crippen LogP contribution in [-0.2, 0) is 6.42 Å². The van der Waals surface area contributed by atoms with Crippen LogP contribution in [0.1, 0.15) is 18.4 Å². The Kier molecular flexibility index (Phi) is 3.16. The average molecular weight is 294 g/mol. The third-order valence-corrected chi connectivity index (χ3v) is 4.16. The molecule has 1 saturated heterocycles. The first-order valence-electron chi connectivity index (χ1n) is 6.17. The minimum absolute atomic E-state index is 0.809. The molecular formula is C13H16BrN3. The van der Waals surface area contributed by atoms with Gasteiger partial charge in [-0.1, -0.05) is 12.1 Å². The molecule has 2 N–H and O–H groups in total. The molecule has 0 unspecified atom stereocenters. The number of nitrogens with one attached hydrogen (secondary N) is 2. The molecule has 0 aliphatic carbocycles. The van der Waals surface area contributed by atoms with Crippen molar-refractivity contribution in [3.8, 4) is 0 Å². The van der Waals surface area contributed by atoms with E-state index in [1.54, 1.807) is 0 Å². The predicted octanol–water partition coefficient (Wildman–Crippen LogP) is 2.87. The lowest BCUT2D eigenvalue weighted by atomic mass is 9.90. The van der Waals surface area contributed by atoms with Crippen LogP contribution >= 0.6 is 15.9 Å². The first kappa shape index (κ1) is 11.2. The molecular weight excluding hydrogens is 278 g/mol. The van der Waals surface area contributed by atoms with E-state index in [2.05, 4.69) is 49.6 Å². The number of fused-ring (bicyclic) bond motifs is 1. The number of H-pyrrole nitrogens is 1. The predicted molar refractivity (Wildman–Crippen MR) is 73.1 cm³/mol. The average Bonchev–Trinajstić information content (AvgIpc) is 2.74. The Hall–Kier alpha value is -0.870. The normalized spacial score (nSPS) is 17.7. The van der Waals surface area contributed by atoms with E-state index in [0.717, 1.165) is 35.5 Å². The minimum atomic E-state index is 0.809. The van der Waals surface area contributed by atoms with Crippen LogP contribution in [0.25, 0.3) is 10.9 Å². The van der Waals surface area contributed by atoms with Crippen LogP contribution < -0.4 is 5.32 Å². The summed E-state index contributed by atoms with van der Waals surface area (Å²) in [6.45, 7) is 2.32. The van der Waals surface area contributed by atoms with Gasteiger partial charge in [-0.3, -0.25) is 5.10 Å². The molecule has 0 radical (unpaired) electrons. The lowest BCUT2D eigenvalue weighted by Crippen LogP contribution is -2.28. The second-order valence-corrected chi connectivity index (χ2v) is 5.54. The Balaban J connectivity index is 1.91. The third-order valence-electron chi connectivity index (χ3n) is 3.59. The highest BCUT2D eigenvalue weighted by Crippen LogP contribution is 2.28. The van der Waals surface area contributed by atoms with Crippen LogP contribution in [0.3, 0.4) is 0 Å². The van der Waals surface area contributed by atoms with E-state index >= 15 is 0 Å². The Morgan fingerprint density at radius 1 is 1.29 bits per heavy atom. The summed E-state index contributed by atoms with van der Waals surface area (Å²) < 4.78 is 1.01. The second kappa shape index (κ2) is 4.78. The van der Waals surface area contributed by atoms with Gasteiger partial charge in [0.15, 0.2) is 0 Å². The summed E-state index contributed by atoms with van der Waals surface area (Å²) in [6, 6.07) is 6.39. The van der Waals surface area contributed by atoms with Gasteiger partial charge in [-0.25, -0.2) is 0 Å². The van der Waals surface area contributed by atoms with Crippen LogP contribution in [0.15, 0.2) is 22.8 Å². The summed E-state index contributed by atoms with van der Waals surface area (Å²) in [4.78, 5) is 0. The molecule has 1 aromatic carbocycles. The van der Waals surface area contributed by atoms with Gasteiger partial charge in [0.25, 0.3) is 0 Å². The fourth-order valence-electron chi connectivity index (χ4n) is 2.67. The van der Waals surface area contributed by atoms with Gasteiger partial charge in [0, 0.05) is 5.39 Å². The number of hydrogen-bond acceptors (Lipinski definition) is 2. The third kappa shape index (κ3) is 2.24. The Morgan fingerprint density at radius 2 is 2.12 bits per heavy atom. The van der Waals surface area contributed by atoms with Crippen molar-refractivity contribution >= 4 is 26.8 Å². The summed E-state index contributed by atoms with van der Waals surface area (Å²) in [5.41, 5.74) is 2.47. The van der Waals surface area contributed by atoms with Crippen molar-refractivity contribution in [3.63, 3.8) is 0 Å². The maximum Gasteiger partial charge on any atom is 0.109 e. The second-order valence-electron chi connectivity index (χ2n) is 4.75. The van der Waals surface area contributed by atoms with E-state index in [9.17, 15) is 0 Å². The van der Waals surface area contributed by atoms with Gasteiger partial charge in [-0.2, -0.15) is 5.10 Å². The first-order valence-corrected chi connectivity index (χ1v) is 6.96. The highest BCUT2D eigenvalue weighted by molar-refractivity contribution is 9.10. The van der Waals surface area contributed by atoms with E-state index < -0.39 is 0 Å². The monoisotopic (exact) mass is 293 g/mol. The summed E-state index contributed by atoms with van der Waals surface area (Å²) >= 11 is 3.55. The quantitative estimate of drug-likeness (QED) is 0.894. The molecule has 1 aromatic heterocycles. The fourth-order valence-corrected chi connectivity index (χ4v) is 3.21. The van der Waals surface area contributed by atoms with Crippen LogP contribution in [0.2, 0.25) is 0 Å². The van der Waals surface area contributed by atoms with E-state index in [0.29, 0.717) is 0 Å². The number of hydrogen-bond donors (Lipinski definition) is 2. The molecule has 90 valence electrons. The lowest BCUT2D eigenvalue weighted by Gasteiger charge is -2.22. The van der Waals surface area contributed by atoms with E-state index in [1.165, 1.54) is 23.8 Å². The summed E-state index contributed by atoms with van der Waals surface area (Å²) in [7, 11) is 0. The smallest absolute Gasteiger partial charge is 0.109 e. The number of aromatic amines is 1. The van der Waals surface area contributed by atoms with Crippen LogP contribution in [0.5, 0.6) is 0 Å². The Labute approximate surface area is 109 Å². The molecule has 1 aliphatic rings. The zero-order valence-electron chi connectivity index (χ0n) is 9.67. The number of aromatic nitrogens is 2. The van der Waals surface area contributed by atoms with Gasteiger partial charge in [0.1, 0.15) is 4.60 Å². The molecule has 17 heavy (non-hydrogen) atoms. The largest absolute Gasteiger partial charge is 0.317 e. The first-order chi connectivity index (χ1) is 8.34. The summed E-state index contributed by atoms with van der Waals surface area (Å²) in [5, 5.41) is 12.0. The lowest BCUT2D eigenvalue weighted by molar-refractivity contribution is 0.373. The van der Waals surface area contributed by atoms with E-state index in [-0.39, 0.29) is 0 Å². The van der Waals surface area contributed by atoms with Gasteiger partial charge in [0.2, 0.25) is 0 Å². The fraction of sp³-hybridized carbons (Fsp3) is 0.462. The molecule has 1 aliphatic heterocycles. The van der Waals surface area contributed by atoms with Crippen molar-refractivity contribution in [1.82, 2.24) is 15.5 Å². The van der Waals surface area contributed by atoms with Crippen LogP contribution in [0.4, 0.5) is 0 Å². The highest BCUT2D eigenvalue weighted by atomic mass is 79.9. The standard InChI is InChI=1S/C13H16BrN3/c14-13-12-10(2-1-3-11(12)16-17-13)8-9-4-6-15-7-5-9/h1-3,9,15H,4-8H2,(H,16,17). The summed E-state index contributed by atoms with van der Waals surface area (Å²) in [5.74, 6) is 0.809. The number of nitrogens with zero attached hydrogens (tertiary/aromatic N) is 1. The maximum absolute atomic E-state index is 4.29. The highest BCUT2D eigenvalue weighted by Gasteiger charge is 2.16. The molecule has 3 nitrogen and oxygen atoms in total. The maximum atomic E-state index is 4.29. The van der Waals surface area contributed by atoms with Gasteiger partial charge >= 0.3 is 0 Å². The SMILES string of the molecule is Brc1[nH]nc2cccc(CC3CCNCC3)c12. The van der Waals surface area contributed by atoms with Crippen molar-refractivity contribution in [3.05, 3.63) is 28.4 Å². The number of piperidine rings is 1. The molecule has 2 aromatic rings. The summed E-state index contributed by atoms with van der Waals surface area (Å²) in [6.07, 6.45) is 3.73. The van der Waals surface area contributed by atoms with Crippen molar-refractivity contribution < 1.29 is 0 Å². The van der Waals surface area contributed by atoms with Crippen molar-refractivity contribution in [1.29, 1.82) is 0 Å². The molecule has 0 saturated carbocycles. The molecule has 4 heteroatoms. The molecule has 3 rings (SSSR count). The van der Waals surface area contributed by atoms with Crippen molar-refractivity contribution in [2.24, 2.45) is 5.92 Å². The molecule has 0 amide bonds. The molecule has 0 atom stereocenters. The van der Waals surface area contributed by atoms with Gasteiger partial charge in [0.05, 0.1) is 5.52 Å². The van der Waals surface area contributed by atoms with Crippen LogP contribution in [-0.4, -0.2) is 23.3 Å². The van der Waals surface area contributed by atoms with Gasteiger partial charge in [-0.05, 0) is 65.8 Å². The zero-order chi connectivity index (χ0) is 11.7. The topological polar surface area (TPSA) is 40.7 Å². The number of rotatable bonds is 2. The van der Waals surface area contributed by atoms with Crippen molar-refractivity contribution in [2.75, 3.05) is 13.1 Å². The van der Waals surface area contributed by atoms with Crippen molar-refractivity contribution in [2.45, 2.75) is 19.3 Å². The molecule has 0 bridgehead atoms. The van der Waals surface area contributed by atoms with E-state index in [4.69, 9.17) is 0 Å². The molecule has 1 fully saturated rings. The Morgan fingerprint density at radius 3 is 2.94 bits per heavy atom. The van der Waals surface area contributed by atoms with Gasteiger partial charge < -0.3 is 5.32 Å². The minimum Gasteiger partial charge on any atom is -0.317 e. The van der Waals surface area contributed by atoms with E-state index in [1.807, 2.05) is 0 Å². The molecule has 0 spiro atoms. The Bertz CT molecular complexity index is 514. The number of halogens is 1.